The first-order valence-corrected chi connectivity index (χ1v) is 12.0. The molecule has 1 unspecified atom stereocenters. The number of carboxylic acid groups (broad SMARTS) is 1. The Labute approximate surface area is 216 Å². The van der Waals surface area contributed by atoms with Gasteiger partial charge in [0.2, 0.25) is 5.95 Å². The Morgan fingerprint density at radius 3 is 2.16 bits per heavy atom. The minimum atomic E-state index is -0.827. The Hall–Kier alpha value is -4.59. The third kappa shape index (κ3) is 6.76. The van der Waals surface area contributed by atoms with E-state index in [0.29, 0.717) is 36.1 Å². The van der Waals surface area contributed by atoms with Crippen molar-refractivity contribution in [3.05, 3.63) is 96.2 Å². The van der Waals surface area contributed by atoms with E-state index >= 15 is 0 Å². The van der Waals surface area contributed by atoms with Crippen LogP contribution in [0.15, 0.2) is 85.1 Å². The standard InChI is InChI=1S/C29H30N4O4/c1-36-25-17-16-20(18-26(25)37-2)23(14-9-15-27(34)35)24-19-30-29(32-22-12-7-4-8-13-22)33-28(24)31-21-10-5-3-6-11-21/h3-8,10-13,16-19,23H,9,14-15H2,1-2H3,(H,34,35)(H2,30,31,32,33). The second kappa shape index (κ2) is 12.4. The summed E-state index contributed by atoms with van der Waals surface area (Å²) in [4.78, 5) is 20.7. The molecule has 8 heteroatoms. The molecule has 0 aliphatic rings. The van der Waals surface area contributed by atoms with Crippen molar-refractivity contribution >= 4 is 29.1 Å². The zero-order valence-electron chi connectivity index (χ0n) is 20.8. The molecule has 1 heterocycles. The van der Waals surface area contributed by atoms with Gasteiger partial charge in [0.25, 0.3) is 0 Å². The number of benzene rings is 3. The van der Waals surface area contributed by atoms with Gasteiger partial charge in [-0.1, -0.05) is 42.5 Å². The maximum Gasteiger partial charge on any atom is 0.303 e. The number of carboxylic acids is 1. The SMILES string of the molecule is COc1ccc(C(CCCC(=O)O)c2cnc(Nc3ccccc3)nc2Nc2ccccc2)cc1OC. The Morgan fingerprint density at radius 1 is 0.892 bits per heavy atom. The lowest BCUT2D eigenvalue weighted by atomic mass is 9.87. The Kier molecular flexibility index (Phi) is 8.54. The topological polar surface area (TPSA) is 106 Å². The fourth-order valence-electron chi connectivity index (χ4n) is 4.14. The first-order valence-electron chi connectivity index (χ1n) is 12.0. The van der Waals surface area contributed by atoms with E-state index in [2.05, 4.69) is 15.6 Å². The normalized spacial score (nSPS) is 11.4. The number of hydrogen-bond acceptors (Lipinski definition) is 7. The molecule has 3 N–H and O–H groups in total. The van der Waals surface area contributed by atoms with E-state index in [-0.39, 0.29) is 12.3 Å². The number of anilines is 4. The number of aromatic nitrogens is 2. The Bertz CT molecular complexity index is 1320. The summed E-state index contributed by atoms with van der Waals surface area (Å²) in [7, 11) is 3.19. The summed E-state index contributed by atoms with van der Waals surface area (Å²) in [6.07, 6.45) is 2.94. The lowest BCUT2D eigenvalue weighted by Crippen LogP contribution is -2.10. The first-order chi connectivity index (χ1) is 18.1. The van der Waals surface area contributed by atoms with Crippen LogP contribution in [0.5, 0.6) is 11.5 Å². The minimum Gasteiger partial charge on any atom is -0.493 e. The number of nitrogens with zero attached hydrogens (tertiary/aromatic N) is 2. The molecule has 37 heavy (non-hydrogen) atoms. The largest absolute Gasteiger partial charge is 0.493 e. The smallest absolute Gasteiger partial charge is 0.303 e. The summed E-state index contributed by atoms with van der Waals surface area (Å²) in [5.41, 5.74) is 3.55. The molecule has 3 aromatic carbocycles. The summed E-state index contributed by atoms with van der Waals surface area (Å²) in [5, 5.41) is 15.9. The number of ether oxygens (including phenoxy) is 2. The highest BCUT2D eigenvalue weighted by Gasteiger charge is 2.22. The number of aliphatic carboxylic acids is 1. The van der Waals surface area contributed by atoms with Crippen molar-refractivity contribution in [1.82, 2.24) is 9.97 Å². The van der Waals surface area contributed by atoms with Crippen LogP contribution in [0.2, 0.25) is 0 Å². The van der Waals surface area contributed by atoms with Crippen molar-refractivity contribution in [2.45, 2.75) is 25.2 Å². The predicted octanol–water partition coefficient (Wildman–Crippen LogP) is 6.37. The summed E-state index contributed by atoms with van der Waals surface area (Å²) in [6.45, 7) is 0. The maximum atomic E-state index is 11.3. The lowest BCUT2D eigenvalue weighted by Gasteiger charge is -2.22. The third-order valence-corrected chi connectivity index (χ3v) is 5.95. The monoisotopic (exact) mass is 498 g/mol. The molecule has 1 atom stereocenters. The van der Waals surface area contributed by atoms with Crippen LogP contribution >= 0.6 is 0 Å². The van der Waals surface area contributed by atoms with Gasteiger partial charge in [0.1, 0.15) is 5.82 Å². The molecule has 0 aliphatic carbocycles. The lowest BCUT2D eigenvalue weighted by molar-refractivity contribution is -0.137. The van der Waals surface area contributed by atoms with Crippen molar-refractivity contribution in [3.63, 3.8) is 0 Å². The van der Waals surface area contributed by atoms with E-state index in [4.69, 9.17) is 14.5 Å². The minimum absolute atomic E-state index is 0.0692. The molecule has 0 amide bonds. The number of hydrogen-bond donors (Lipinski definition) is 3. The zero-order valence-corrected chi connectivity index (χ0v) is 20.8. The molecule has 0 bridgehead atoms. The molecule has 0 aliphatic heterocycles. The molecular formula is C29H30N4O4. The van der Waals surface area contributed by atoms with Crippen LogP contribution in [0.25, 0.3) is 0 Å². The van der Waals surface area contributed by atoms with Gasteiger partial charge in [-0.05, 0) is 54.8 Å². The van der Waals surface area contributed by atoms with Crippen molar-refractivity contribution in [3.8, 4) is 11.5 Å². The molecule has 4 rings (SSSR count). The van der Waals surface area contributed by atoms with E-state index in [9.17, 15) is 9.90 Å². The second-order valence-corrected chi connectivity index (χ2v) is 8.43. The van der Waals surface area contributed by atoms with Gasteiger partial charge < -0.3 is 25.2 Å². The molecular weight excluding hydrogens is 468 g/mol. The van der Waals surface area contributed by atoms with Crippen molar-refractivity contribution in [2.75, 3.05) is 24.9 Å². The molecule has 0 radical (unpaired) electrons. The van der Waals surface area contributed by atoms with E-state index in [1.165, 1.54) is 0 Å². The van der Waals surface area contributed by atoms with Gasteiger partial charge in [-0.3, -0.25) is 4.79 Å². The van der Waals surface area contributed by atoms with E-state index < -0.39 is 5.97 Å². The van der Waals surface area contributed by atoms with Gasteiger partial charge in [0, 0.05) is 35.5 Å². The van der Waals surface area contributed by atoms with Crippen LogP contribution in [0, 0.1) is 0 Å². The maximum absolute atomic E-state index is 11.3. The predicted molar refractivity (Wildman–Crippen MR) is 144 cm³/mol. The first kappa shape index (κ1) is 25.5. The molecule has 4 aromatic rings. The number of para-hydroxylation sites is 2. The van der Waals surface area contributed by atoms with Crippen LogP contribution in [0.1, 0.15) is 36.3 Å². The highest BCUT2D eigenvalue weighted by molar-refractivity contribution is 5.67. The Morgan fingerprint density at radius 2 is 1.54 bits per heavy atom. The molecule has 0 fully saturated rings. The summed E-state index contributed by atoms with van der Waals surface area (Å²) in [6, 6.07) is 25.2. The van der Waals surface area contributed by atoms with Crippen molar-refractivity contribution in [2.24, 2.45) is 0 Å². The fraction of sp³-hybridized carbons (Fsp3) is 0.207. The molecule has 8 nitrogen and oxygen atoms in total. The quantitative estimate of drug-likeness (QED) is 0.207. The van der Waals surface area contributed by atoms with Gasteiger partial charge in [-0.25, -0.2) is 4.98 Å². The summed E-state index contributed by atoms with van der Waals surface area (Å²) in [5.74, 6) is 1.30. The van der Waals surface area contributed by atoms with Crippen molar-refractivity contribution < 1.29 is 19.4 Å². The highest BCUT2D eigenvalue weighted by Crippen LogP contribution is 2.39. The zero-order chi connectivity index (χ0) is 26.0. The van der Waals surface area contributed by atoms with Crippen LogP contribution < -0.4 is 20.1 Å². The van der Waals surface area contributed by atoms with Crippen LogP contribution in [-0.4, -0.2) is 35.3 Å². The molecule has 0 saturated heterocycles. The highest BCUT2D eigenvalue weighted by atomic mass is 16.5. The van der Waals surface area contributed by atoms with E-state index in [1.807, 2.05) is 78.9 Å². The molecule has 0 saturated carbocycles. The van der Waals surface area contributed by atoms with Crippen LogP contribution in [-0.2, 0) is 4.79 Å². The fourth-order valence-corrected chi connectivity index (χ4v) is 4.14. The average molecular weight is 499 g/mol. The molecule has 190 valence electrons. The second-order valence-electron chi connectivity index (χ2n) is 8.43. The van der Waals surface area contributed by atoms with Gasteiger partial charge in [-0.2, -0.15) is 4.98 Å². The van der Waals surface area contributed by atoms with E-state index in [1.54, 1.807) is 20.4 Å². The van der Waals surface area contributed by atoms with Gasteiger partial charge in [-0.15, -0.1) is 0 Å². The Balaban J connectivity index is 1.77. The number of carbonyl (C=O) groups is 1. The van der Waals surface area contributed by atoms with Gasteiger partial charge >= 0.3 is 5.97 Å². The van der Waals surface area contributed by atoms with Crippen LogP contribution in [0.4, 0.5) is 23.1 Å². The van der Waals surface area contributed by atoms with Crippen molar-refractivity contribution in [1.29, 1.82) is 0 Å². The molecule has 1 aromatic heterocycles. The third-order valence-electron chi connectivity index (χ3n) is 5.95. The number of rotatable bonds is 12. The van der Waals surface area contributed by atoms with Crippen LogP contribution in [0.3, 0.4) is 0 Å². The summed E-state index contributed by atoms with van der Waals surface area (Å²) < 4.78 is 11.0. The van der Waals surface area contributed by atoms with Gasteiger partial charge in [0.15, 0.2) is 11.5 Å². The van der Waals surface area contributed by atoms with Gasteiger partial charge in [0.05, 0.1) is 14.2 Å². The number of methoxy groups -OCH3 is 2. The number of nitrogens with one attached hydrogen (secondary N) is 2. The average Bonchev–Trinajstić information content (AvgIpc) is 2.92. The molecule has 0 spiro atoms. The van der Waals surface area contributed by atoms with E-state index in [0.717, 1.165) is 22.5 Å². The summed E-state index contributed by atoms with van der Waals surface area (Å²) >= 11 is 0.